The summed E-state index contributed by atoms with van der Waals surface area (Å²) in [5, 5.41) is 0. The third-order valence-electron chi connectivity index (χ3n) is 3.45. The Morgan fingerprint density at radius 2 is 1.85 bits per heavy atom. The fourth-order valence-corrected chi connectivity index (χ4v) is 2.38. The zero-order chi connectivity index (χ0) is 14.2. The Bertz CT molecular complexity index is 502. The number of imidazole rings is 1. The first-order chi connectivity index (χ1) is 9.85. The molecule has 0 fully saturated rings. The Hall–Kier alpha value is -1.77. The molecule has 0 aliphatic carbocycles. The predicted octanol–water partition coefficient (Wildman–Crippen LogP) is 3.95. The first kappa shape index (κ1) is 14.6. The van der Waals surface area contributed by atoms with Crippen LogP contribution in [0.4, 0.5) is 0 Å². The van der Waals surface area contributed by atoms with Gasteiger partial charge >= 0.3 is 0 Å². The lowest BCUT2D eigenvalue weighted by atomic mass is 10.2. The van der Waals surface area contributed by atoms with Gasteiger partial charge in [0.25, 0.3) is 5.82 Å². The van der Waals surface area contributed by atoms with E-state index < -0.39 is 0 Å². The molecule has 3 nitrogen and oxygen atoms in total. The van der Waals surface area contributed by atoms with Crippen LogP contribution in [0.5, 0.6) is 5.75 Å². The van der Waals surface area contributed by atoms with Crippen molar-refractivity contribution in [1.82, 2.24) is 4.98 Å². The van der Waals surface area contributed by atoms with Crippen molar-refractivity contribution in [3.63, 3.8) is 0 Å². The van der Waals surface area contributed by atoms with Crippen LogP contribution in [-0.4, -0.2) is 11.6 Å². The van der Waals surface area contributed by atoms with Gasteiger partial charge in [0.1, 0.15) is 18.1 Å². The summed E-state index contributed by atoms with van der Waals surface area (Å²) in [6, 6.07) is 8.28. The fourth-order valence-electron chi connectivity index (χ4n) is 2.38. The lowest BCUT2D eigenvalue weighted by Crippen LogP contribution is -2.33. The van der Waals surface area contributed by atoms with Crippen molar-refractivity contribution in [2.45, 2.75) is 46.1 Å². The molecule has 0 unspecified atom stereocenters. The Balaban J connectivity index is 2.03. The number of H-pyrrole nitrogens is 1. The van der Waals surface area contributed by atoms with Crippen molar-refractivity contribution in [3.8, 4) is 17.1 Å². The predicted molar refractivity (Wildman–Crippen MR) is 81.7 cm³/mol. The van der Waals surface area contributed by atoms with Crippen molar-refractivity contribution in [2.24, 2.45) is 0 Å². The highest BCUT2D eigenvalue weighted by Crippen LogP contribution is 2.18. The number of benzene rings is 1. The highest BCUT2D eigenvalue weighted by Gasteiger charge is 2.12. The number of aryl methyl sites for hydroxylation is 1. The van der Waals surface area contributed by atoms with Gasteiger partial charge < -0.3 is 4.74 Å². The summed E-state index contributed by atoms with van der Waals surface area (Å²) in [5.74, 6) is 2.10. The quantitative estimate of drug-likeness (QED) is 0.572. The number of aromatic nitrogens is 2. The standard InChI is InChI=1S/C17H24N2O/c1-3-5-6-7-13-19-14-12-18-17(19)15-8-10-16(11-9-15)20-4-2/h8-12,14H,3-7,13H2,1-2H3/p+1. The summed E-state index contributed by atoms with van der Waals surface area (Å²) in [6.45, 7) is 6.03. The highest BCUT2D eigenvalue weighted by atomic mass is 16.5. The largest absolute Gasteiger partial charge is 0.494 e. The summed E-state index contributed by atoms with van der Waals surface area (Å²) in [6.07, 6.45) is 9.27. The fraction of sp³-hybridized carbons (Fsp3) is 0.471. The number of nitrogens with one attached hydrogen (secondary N) is 1. The van der Waals surface area contributed by atoms with Gasteiger partial charge in [-0.25, -0.2) is 9.55 Å². The average molecular weight is 273 g/mol. The molecule has 1 heterocycles. The van der Waals surface area contributed by atoms with Gasteiger partial charge in [-0.2, -0.15) is 0 Å². The molecule has 0 amide bonds. The van der Waals surface area contributed by atoms with Gasteiger partial charge in [0, 0.05) is 0 Å². The maximum atomic E-state index is 5.48. The van der Waals surface area contributed by atoms with E-state index >= 15 is 0 Å². The van der Waals surface area contributed by atoms with Crippen LogP contribution in [0.15, 0.2) is 36.7 Å². The molecule has 0 saturated heterocycles. The van der Waals surface area contributed by atoms with E-state index in [9.17, 15) is 0 Å². The molecular weight excluding hydrogens is 248 g/mol. The zero-order valence-electron chi connectivity index (χ0n) is 12.6. The number of unbranched alkanes of at least 4 members (excludes halogenated alkanes) is 3. The summed E-state index contributed by atoms with van der Waals surface area (Å²) < 4.78 is 7.78. The highest BCUT2D eigenvalue weighted by molar-refractivity contribution is 5.53. The number of aromatic amines is 1. The summed E-state index contributed by atoms with van der Waals surface area (Å²) in [7, 11) is 0. The minimum Gasteiger partial charge on any atom is -0.494 e. The van der Waals surface area contributed by atoms with Crippen molar-refractivity contribution in [1.29, 1.82) is 0 Å². The first-order valence-corrected chi connectivity index (χ1v) is 7.65. The van der Waals surface area contributed by atoms with Gasteiger partial charge in [-0.3, -0.25) is 0 Å². The molecule has 0 radical (unpaired) electrons. The molecule has 1 aromatic heterocycles. The van der Waals surface area contributed by atoms with Crippen molar-refractivity contribution < 1.29 is 9.30 Å². The molecule has 0 bridgehead atoms. The molecule has 1 N–H and O–H groups in total. The van der Waals surface area contributed by atoms with Crippen molar-refractivity contribution in [2.75, 3.05) is 6.61 Å². The molecular formula is C17H25N2O+. The number of rotatable bonds is 8. The third kappa shape index (κ3) is 3.86. The van der Waals surface area contributed by atoms with E-state index in [2.05, 4.69) is 34.8 Å². The Morgan fingerprint density at radius 3 is 2.55 bits per heavy atom. The summed E-state index contributed by atoms with van der Waals surface area (Å²) in [5.41, 5.74) is 1.20. The van der Waals surface area contributed by atoms with Crippen LogP contribution in [0.2, 0.25) is 0 Å². The van der Waals surface area contributed by atoms with E-state index in [1.54, 1.807) is 0 Å². The van der Waals surface area contributed by atoms with Gasteiger partial charge in [0.05, 0.1) is 18.7 Å². The minimum atomic E-state index is 0.708. The second-order valence-corrected chi connectivity index (χ2v) is 5.02. The molecule has 20 heavy (non-hydrogen) atoms. The van der Waals surface area contributed by atoms with Crippen LogP contribution in [0.1, 0.15) is 39.5 Å². The number of hydrogen-bond donors (Lipinski definition) is 1. The van der Waals surface area contributed by atoms with Gasteiger partial charge in [-0.15, -0.1) is 0 Å². The summed E-state index contributed by atoms with van der Waals surface area (Å²) in [4.78, 5) is 3.34. The molecule has 0 atom stereocenters. The maximum absolute atomic E-state index is 5.48. The lowest BCUT2D eigenvalue weighted by molar-refractivity contribution is -0.685. The topological polar surface area (TPSA) is 28.9 Å². The number of hydrogen-bond acceptors (Lipinski definition) is 1. The number of nitrogens with zero attached hydrogens (tertiary/aromatic N) is 1. The van der Waals surface area contributed by atoms with E-state index in [4.69, 9.17) is 4.74 Å². The van der Waals surface area contributed by atoms with E-state index in [1.807, 2.05) is 25.3 Å². The van der Waals surface area contributed by atoms with Crippen LogP contribution < -0.4 is 9.30 Å². The molecule has 108 valence electrons. The third-order valence-corrected chi connectivity index (χ3v) is 3.45. The first-order valence-electron chi connectivity index (χ1n) is 7.65. The Kier molecular flexibility index (Phi) is 5.66. The number of ether oxygens (including phenoxy) is 1. The van der Waals surface area contributed by atoms with Crippen LogP contribution in [0, 0.1) is 0 Å². The molecule has 2 rings (SSSR count). The van der Waals surface area contributed by atoms with Crippen molar-refractivity contribution >= 4 is 0 Å². The van der Waals surface area contributed by atoms with Gasteiger partial charge in [-0.05, 0) is 44.0 Å². The normalized spacial score (nSPS) is 10.7. The molecule has 0 spiro atoms. The summed E-state index contributed by atoms with van der Waals surface area (Å²) >= 11 is 0. The molecule has 0 aliphatic rings. The van der Waals surface area contributed by atoms with Crippen molar-refractivity contribution in [3.05, 3.63) is 36.7 Å². The molecule has 3 heteroatoms. The SMILES string of the molecule is CCCCCC[n+]1cc[nH]c1-c1ccc(OCC)cc1. The molecule has 1 aromatic carbocycles. The average Bonchev–Trinajstić information content (AvgIpc) is 2.93. The second-order valence-electron chi connectivity index (χ2n) is 5.02. The van der Waals surface area contributed by atoms with E-state index in [0.717, 1.165) is 12.3 Å². The van der Waals surface area contributed by atoms with Gasteiger partial charge in [0.15, 0.2) is 0 Å². The molecule has 0 aliphatic heterocycles. The zero-order valence-corrected chi connectivity index (χ0v) is 12.6. The van der Waals surface area contributed by atoms with E-state index in [0.29, 0.717) is 6.61 Å². The second kappa shape index (κ2) is 7.73. The smallest absolute Gasteiger partial charge is 0.286 e. The van der Waals surface area contributed by atoms with Crippen LogP contribution in [0.25, 0.3) is 11.4 Å². The Labute approximate surface area is 121 Å². The van der Waals surface area contributed by atoms with Crippen LogP contribution in [0.3, 0.4) is 0 Å². The lowest BCUT2D eigenvalue weighted by Gasteiger charge is -2.04. The van der Waals surface area contributed by atoms with Gasteiger partial charge in [-0.1, -0.05) is 19.8 Å². The van der Waals surface area contributed by atoms with E-state index in [-0.39, 0.29) is 0 Å². The maximum Gasteiger partial charge on any atom is 0.286 e. The van der Waals surface area contributed by atoms with E-state index in [1.165, 1.54) is 37.1 Å². The van der Waals surface area contributed by atoms with Gasteiger partial charge in [0.2, 0.25) is 0 Å². The molecule has 2 aromatic rings. The van der Waals surface area contributed by atoms with Crippen LogP contribution in [-0.2, 0) is 6.54 Å². The van der Waals surface area contributed by atoms with Crippen LogP contribution >= 0.6 is 0 Å². The Morgan fingerprint density at radius 1 is 1.05 bits per heavy atom. The molecule has 0 saturated carbocycles. The minimum absolute atomic E-state index is 0.708. The monoisotopic (exact) mass is 273 g/mol.